The van der Waals surface area contributed by atoms with Crippen molar-refractivity contribution in [2.45, 2.75) is 24.2 Å². The number of carboxylic acids is 1. The molecule has 1 aliphatic heterocycles. The van der Waals surface area contributed by atoms with Gasteiger partial charge in [-0.25, -0.2) is 0 Å². The highest BCUT2D eigenvalue weighted by atomic mass is 35.5. The molecular weight excluding hydrogens is 369 g/mol. The van der Waals surface area contributed by atoms with Crippen molar-refractivity contribution in [3.8, 4) is 0 Å². The Bertz CT molecular complexity index is 930. The van der Waals surface area contributed by atoms with Gasteiger partial charge in [0.15, 0.2) is 0 Å². The SMILES string of the molecule is O=C(O)C12CNCC1C1(c3ccc(Cl)cc3Cl)CCC2c2ccccc21. The lowest BCUT2D eigenvalue weighted by Gasteiger charge is -2.59. The van der Waals surface area contributed by atoms with Crippen LogP contribution in [0, 0.1) is 11.3 Å². The maximum atomic E-state index is 12.6. The molecule has 0 radical (unpaired) electrons. The zero-order valence-corrected chi connectivity index (χ0v) is 15.6. The quantitative estimate of drug-likeness (QED) is 0.799. The van der Waals surface area contributed by atoms with Crippen LogP contribution < -0.4 is 5.32 Å². The Morgan fingerprint density at radius 1 is 1.15 bits per heavy atom. The highest BCUT2D eigenvalue weighted by Crippen LogP contribution is 2.68. The molecule has 3 aliphatic carbocycles. The van der Waals surface area contributed by atoms with Crippen LogP contribution >= 0.6 is 23.2 Å². The minimum atomic E-state index is -0.782. The Labute approximate surface area is 162 Å². The Balaban J connectivity index is 1.87. The molecule has 4 unspecified atom stereocenters. The molecule has 26 heavy (non-hydrogen) atoms. The van der Waals surface area contributed by atoms with Crippen molar-refractivity contribution in [2.24, 2.45) is 11.3 Å². The Hall–Kier alpha value is -1.55. The summed E-state index contributed by atoms with van der Waals surface area (Å²) in [6.07, 6.45) is 1.78. The number of aliphatic carboxylic acids is 1. The van der Waals surface area contributed by atoms with Crippen LogP contribution in [0.5, 0.6) is 0 Å². The van der Waals surface area contributed by atoms with Gasteiger partial charge < -0.3 is 10.4 Å². The van der Waals surface area contributed by atoms with E-state index in [-0.39, 0.29) is 11.8 Å². The van der Waals surface area contributed by atoms with E-state index in [1.165, 1.54) is 11.1 Å². The zero-order valence-electron chi connectivity index (χ0n) is 14.1. The maximum Gasteiger partial charge on any atom is 0.311 e. The summed E-state index contributed by atoms with van der Waals surface area (Å²) in [5, 5.41) is 14.9. The van der Waals surface area contributed by atoms with Gasteiger partial charge in [-0.3, -0.25) is 4.79 Å². The van der Waals surface area contributed by atoms with E-state index in [1.807, 2.05) is 18.2 Å². The van der Waals surface area contributed by atoms with E-state index >= 15 is 0 Å². The lowest BCUT2D eigenvalue weighted by molar-refractivity contribution is -0.157. The Kier molecular flexibility index (Phi) is 3.50. The van der Waals surface area contributed by atoms with E-state index in [0.29, 0.717) is 23.1 Å². The van der Waals surface area contributed by atoms with Crippen molar-refractivity contribution >= 4 is 29.2 Å². The summed E-state index contributed by atoms with van der Waals surface area (Å²) in [5.74, 6) is -0.676. The summed E-state index contributed by atoms with van der Waals surface area (Å²) in [7, 11) is 0. The smallest absolute Gasteiger partial charge is 0.311 e. The highest BCUT2D eigenvalue weighted by molar-refractivity contribution is 6.35. The standard InChI is InChI=1S/C21H19Cl2NO2/c22-12-5-6-16(17(23)9-12)20-8-7-15(13-3-1-2-4-14(13)20)21(19(25)26)11-24-10-18(20)21/h1-6,9,15,18,24H,7-8,10-11H2,(H,25,26). The fourth-order valence-electron chi connectivity index (χ4n) is 6.17. The van der Waals surface area contributed by atoms with Gasteiger partial charge in [-0.05, 0) is 41.7 Å². The van der Waals surface area contributed by atoms with E-state index in [1.54, 1.807) is 6.07 Å². The zero-order chi connectivity index (χ0) is 18.1. The van der Waals surface area contributed by atoms with Crippen LogP contribution in [-0.2, 0) is 10.2 Å². The monoisotopic (exact) mass is 387 g/mol. The lowest BCUT2D eigenvalue weighted by atomic mass is 9.42. The number of rotatable bonds is 2. The van der Waals surface area contributed by atoms with Crippen molar-refractivity contribution in [1.29, 1.82) is 0 Å². The minimum Gasteiger partial charge on any atom is -0.481 e. The lowest BCUT2D eigenvalue weighted by Crippen LogP contribution is -2.60. The van der Waals surface area contributed by atoms with Gasteiger partial charge >= 0.3 is 5.97 Å². The number of carboxylic acid groups (broad SMARTS) is 1. The first-order valence-corrected chi connectivity index (χ1v) is 9.76. The number of fused-ring (bicyclic) bond motifs is 1. The van der Waals surface area contributed by atoms with Gasteiger partial charge in [0.1, 0.15) is 0 Å². The van der Waals surface area contributed by atoms with Crippen LogP contribution in [-0.4, -0.2) is 24.2 Å². The number of hydrogen-bond donors (Lipinski definition) is 2. The molecule has 2 aromatic rings. The number of benzene rings is 2. The molecule has 1 saturated heterocycles. The summed E-state index contributed by atoms with van der Waals surface area (Å²) >= 11 is 12.8. The number of halogens is 2. The third kappa shape index (κ3) is 1.81. The van der Waals surface area contributed by atoms with Gasteiger partial charge in [0.05, 0.1) is 5.41 Å². The van der Waals surface area contributed by atoms with Crippen molar-refractivity contribution in [1.82, 2.24) is 5.32 Å². The Morgan fingerprint density at radius 3 is 2.73 bits per heavy atom. The fourth-order valence-corrected chi connectivity index (χ4v) is 6.74. The van der Waals surface area contributed by atoms with Gasteiger partial charge in [0.25, 0.3) is 0 Å². The van der Waals surface area contributed by atoms with Gasteiger partial charge in [-0.1, -0.05) is 53.5 Å². The molecule has 6 rings (SSSR count). The molecular formula is C21H19Cl2NO2. The first-order chi connectivity index (χ1) is 12.5. The second kappa shape index (κ2) is 5.48. The predicted octanol–water partition coefficient (Wildman–Crippen LogP) is 4.46. The highest BCUT2D eigenvalue weighted by Gasteiger charge is 2.69. The minimum absolute atomic E-state index is 0.0279. The first-order valence-electron chi connectivity index (χ1n) is 9.01. The summed E-state index contributed by atoms with van der Waals surface area (Å²) in [6, 6.07) is 14.0. The van der Waals surface area contributed by atoms with E-state index in [0.717, 1.165) is 18.4 Å². The maximum absolute atomic E-state index is 12.6. The molecule has 4 aliphatic rings. The van der Waals surface area contributed by atoms with Gasteiger partial charge in [0.2, 0.25) is 0 Å². The van der Waals surface area contributed by atoms with Gasteiger partial charge in [-0.15, -0.1) is 0 Å². The topological polar surface area (TPSA) is 49.3 Å². The second-order valence-electron chi connectivity index (χ2n) is 7.80. The largest absolute Gasteiger partial charge is 0.481 e. The third-order valence-electron chi connectivity index (χ3n) is 7.06. The van der Waals surface area contributed by atoms with Crippen molar-refractivity contribution in [3.63, 3.8) is 0 Å². The number of nitrogens with one attached hydrogen (secondary N) is 1. The fraction of sp³-hybridized carbons (Fsp3) is 0.381. The molecule has 0 amide bonds. The summed E-state index contributed by atoms with van der Waals surface area (Å²) < 4.78 is 0. The Morgan fingerprint density at radius 2 is 1.96 bits per heavy atom. The van der Waals surface area contributed by atoms with Gasteiger partial charge in [0, 0.05) is 40.4 Å². The van der Waals surface area contributed by atoms with Crippen LogP contribution in [0.1, 0.15) is 35.4 Å². The second-order valence-corrected chi connectivity index (χ2v) is 8.65. The molecule has 2 bridgehead atoms. The summed E-state index contributed by atoms with van der Waals surface area (Å²) in [5.41, 5.74) is 2.25. The molecule has 3 nitrogen and oxygen atoms in total. The molecule has 5 heteroatoms. The van der Waals surface area contributed by atoms with Crippen molar-refractivity contribution in [3.05, 3.63) is 69.2 Å². The number of hydrogen-bond acceptors (Lipinski definition) is 2. The molecule has 2 N–H and O–H groups in total. The van der Waals surface area contributed by atoms with Crippen molar-refractivity contribution in [2.75, 3.05) is 13.1 Å². The summed E-state index contributed by atoms with van der Waals surface area (Å²) in [6.45, 7) is 1.20. The molecule has 2 aromatic carbocycles. The van der Waals surface area contributed by atoms with Crippen LogP contribution in [0.25, 0.3) is 0 Å². The molecule has 2 fully saturated rings. The van der Waals surface area contributed by atoms with Crippen LogP contribution in [0.4, 0.5) is 0 Å². The first kappa shape index (κ1) is 16.6. The molecule has 134 valence electrons. The average molecular weight is 388 g/mol. The van der Waals surface area contributed by atoms with Crippen LogP contribution in [0.2, 0.25) is 10.0 Å². The predicted molar refractivity (Wildman–Crippen MR) is 102 cm³/mol. The van der Waals surface area contributed by atoms with E-state index in [2.05, 4.69) is 23.5 Å². The molecule has 0 aromatic heterocycles. The molecule has 4 atom stereocenters. The van der Waals surface area contributed by atoms with E-state index in [9.17, 15) is 9.90 Å². The van der Waals surface area contributed by atoms with Gasteiger partial charge in [-0.2, -0.15) is 0 Å². The van der Waals surface area contributed by atoms with Crippen LogP contribution in [0.15, 0.2) is 42.5 Å². The van der Waals surface area contributed by atoms with E-state index < -0.39 is 16.8 Å². The summed E-state index contributed by atoms with van der Waals surface area (Å²) in [4.78, 5) is 12.6. The molecule has 1 heterocycles. The molecule has 0 spiro atoms. The van der Waals surface area contributed by atoms with Crippen molar-refractivity contribution < 1.29 is 9.90 Å². The molecule has 1 saturated carbocycles. The normalized spacial score (nSPS) is 34.4. The van der Waals surface area contributed by atoms with E-state index in [4.69, 9.17) is 23.2 Å². The third-order valence-corrected chi connectivity index (χ3v) is 7.61. The average Bonchev–Trinajstić information content (AvgIpc) is 3.10. The number of carbonyl (C=O) groups is 1. The van der Waals surface area contributed by atoms with Crippen LogP contribution in [0.3, 0.4) is 0 Å².